The van der Waals surface area contributed by atoms with Gasteiger partial charge in [0, 0.05) is 0 Å². The molecule has 102 valence electrons. The summed E-state index contributed by atoms with van der Waals surface area (Å²) in [6.07, 6.45) is 0. The molecule has 0 amide bonds. The van der Waals surface area contributed by atoms with E-state index in [1.165, 1.54) is 0 Å². The van der Waals surface area contributed by atoms with Crippen LogP contribution in [0.1, 0.15) is 25.6 Å². The molecular weight excluding hydrogens is 381 g/mol. The zero-order valence-corrected chi connectivity index (χ0v) is 13.5. The predicted octanol–water partition coefficient (Wildman–Crippen LogP) is 2.46. The average molecular weight is 393 g/mol. The Morgan fingerprint density at radius 2 is 2.16 bits per heavy atom. The molecule has 6 nitrogen and oxygen atoms in total. The normalized spacial score (nSPS) is 12.6. The number of hydrogen-bond donors (Lipinski definition) is 2. The lowest BCUT2D eigenvalue weighted by Gasteiger charge is -2.19. The number of hydrogen-bond acceptors (Lipinski definition) is 7. The first-order valence-corrected chi connectivity index (χ1v) is 7.04. The Morgan fingerprint density at radius 3 is 2.53 bits per heavy atom. The summed E-state index contributed by atoms with van der Waals surface area (Å²) in [7, 11) is 0. The highest BCUT2D eigenvalue weighted by Crippen LogP contribution is 2.30. The fourth-order valence-corrected chi connectivity index (χ4v) is 2.69. The largest absolute Gasteiger partial charge is 0.505 e. The minimum atomic E-state index is -0.893. The van der Waals surface area contributed by atoms with Crippen LogP contribution in [0.25, 0.3) is 5.76 Å². The highest BCUT2D eigenvalue weighted by atomic mass is 127. The number of rotatable bonds is 2. The van der Waals surface area contributed by atoms with Gasteiger partial charge in [-0.15, -0.1) is 11.3 Å². The summed E-state index contributed by atoms with van der Waals surface area (Å²) < 4.78 is 5.64. The first-order chi connectivity index (χ1) is 8.65. The van der Waals surface area contributed by atoms with E-state index < -0.39 is 22.9 Å². The topological polar surface area (TPSA) is 109 Å². The Morgan fingerprint density at radius 1 is 1.58 bits per heavy atom. The van der Waals surface area contributed by atoms with Gasteiger partial charge in [0.15, 0.2) is 14.3 Å². The molecule has 0 spiro atoms. The van der Waals surface area contributed by atoms with Crippen LogP contribution in [0.5, 0.6) is 0 Å². The van der Waals surface area contributed by atoms with Crippen molar-refractivity contribution in [2.75, 3.05) is 5.73 Å². The van der Waals surface area contributed by atoms with E-state index in [2.05, 4.69) is 4.98 Å². The van der Waals surface area contributed by atoms with Crippen molar-refractivity contribution in [1.29, 1.82) is 5.26 Å². The Labute approximate surface area is 128 Å². The van der Waals surface area contributed by atoms with Gasteiger partial charge in [-0.25, -0.2) is 9.78 Å². The van der Waals surface area contributed by atoms with E-state index in [1.807, 2.05) is 22.6 Å². The molecule has 0 radical (unpaired) electrons. The minimum Gasteiger partial charge on any atom is -0.505 e. The van der Waals surface area contributed by atoms with Gasteiger partial charge < -0.3 is 15.6 Å². The van der Waals surface area contributed by atoms with Crippen molar-refractivity contribution in [3.8, 4) is 6.07 Å². The van der Waals surface area contributed by atoms with Crippen LogP contribution in [0.3, 0.4) is 0 Å². The van der Waals surface area contributed by atoms with Crippen molar-refractivity contribution in [3.05, 3.63) is 13.5 Å². The summed E-state index contributed by atoms with van der Waals surface area (Å²) in [4.78, 5) is 15.9. The van der Waals surface area contributed by atoms with Gasteiger partial charge in [-0.05, 0) is 43.4 Å². The second-order valence-electron chi connectivity index (χ2n) is 4.52. The molecule has 0 aliphatic heterocycles. The molecular formula is C11H12IN3O3S. The van der Waals surface area contributed by atoms with Gasteiger partial charge in [-0.1, -0.05) is 0 Å². The molecule has 8 heteroatoms. The van der Waals surface area contributed by atoms with E-state index in [4.69, 9.17) is 15.7 Å². The molecule has 0 fully saturated rings. The van der Waals surface area contributed by atoms with Crippen LogP contribution < -0.4 is 5.73 Å². The standard InChI is InChI=1S/C11H12IN3O3S/c1-11(2,3)18-9(17)5(4-13)6(16)7-8(14)15-10(12)19-7/h16H,14H2,1-3H3/b6-5-. The van der Waals surface area contributed by atoms with Gasteiger partial charge in [0.1, 0.15) is 22.4 Å². The summed E-state index contributed by atoms with van der Waals surface area (Å²) in [6.45, 7) is 5.00. The number of carbonyl (C=O) groups excluding carboxylic acids is 1. The van der Waals surface area contributed by atoms with Crippen LogP contribution in [-0.2, 0) is 9.53 Å². The van der Waals surface area contributed by atoms with E-state index >= 15 is 0 Å². The van der Waals surface area contributed by atoms with E-state index in [1.54, 1.807) is 26.8 Å². The third-order valence-corrected chi connectivity index (χ3v) is 3.56. The second-order valence-corrected chi connectivity index (χ2v) is 7.27. The van der Waals surface area contributed by atoms with Gasteiger partial charge in [0.2, 0.25) is 0 Å². The predicted molar refractivity (Wildman–Crippen MR) is 80.3 cm³/mol. The number of halogens is 1. The number of thiazole rings is 1. The van der Waals surface area contributed by atoms with Crippen LogP contribution in [-0.4, -0.2) is 21.7 Å². The molecule has 0 atom stereocenters. The quantitative estimate of drug-likeness (QED) is 0.263. The highest BCUT2D eigenvalue weighted by Gasteiger charge is 2.25. The van der Waals surface area contributed by atoms with Gasteiger partial charge in [0.05, 0.1) is 0 Å². The monoisotopic (exact) mass is 393 g/mol. The Bertz CT molecular complexity index is 581. The van der Waals surface area contributed by atoms with Gasteiger partial charge >= 0.3 is 5.97 Å². The van der Waals surface area contributed by atoms with Crippen LogP contribution in [0.2, 0.25) is 0 Å². The number of aliphatic hydroxyl groups excluding tert-OH is 1. The summed E-state index contributed by atoms with van der Waals surface area (Å²) >= 11 is 3.01. The molecule has 0 aromatic carbocycles. The van der Waals surface area contributed by atoms with Crippen molar-refractivity contribution in [1.82, 2.24) is 4.98 Å². The summed E-state index contributed by atoms with van der Waals surface area (Å²) in [5, 5.41) is 19.0. The number of nitrogens with two attached hydrogens (primary N) is 1. The molecule has 0 unspecified atom stereocenters. The zero-order chi connectivity index (χ0) is 14.8. The molecule has 3 N–H and O–H groups in total. The second kappa shape index (κ2) is 5.75. The van der Waals surface area contributed by atoms with Crippen molar-refractivity contribution >= 4 is 51.5 Å². The number of ether oxygens (including phenoxy) is 1. The number of aromatic nitrogens is 1. The van der Waals surface area contributed by atoms with Gasteiger partial charge in [0.25, 0.3) is 0 Å². The molecule has 1 aromatic heterocycles. The number of esters is 1. The van der Waals surface area contributed by atoms with Crippen LogP contribution in [0, 0.1) is 14.3 Å². The maximum atomic E-state index is 11.8. The fraction of sp³-hybridized carbons (Fsp3) is 0.364. The molecule has 19 heavy (non-hydrogen) atoms. The Kier molecular flexibility index (Phi) is 4.75. The van der Waals surface area contributed by atoms with Crippen LogP contribution in [0.4, 0.5) is 5.82 Å². The zero-order valence-electron chi connectivity index (χ0n) is 10.5. The molecule has 0 aliphatic rings. The lowest BCUT2D eigenvalue weighted by molar-refractivity contribution is -0.149. The van der Waals surface area contributed by atoms with Crippen LogP contribution in [0.15, 0.2) is 5.57 Å². The maximum absolute atomic E-state index is 11.8. The summed E-state index contributed by atoms with van der Waals surface area (Å²) in [5.74, 6) is -1.33. The first-order valence-electron chi connectivity index (χ1n) is 5.14. The lowest BCUT2D eigenvalue weighted by atomic mass is 10.1. The lowest BCUT2D eigenvalue weighted by Crippen LogP contribution is -2.25. The number of nitriles is 1. The third kappa shape index (κ3) is 4.07. The number of aliphatic hydroxyl groups is 1. The molecule has 1 aromatic rings. The SMILES string of the molecule is CC(C)(C)OC(=O)/C(C#N)=C(\O)c1sc(I)nc1N. The van der Waals surface area contributed by atoms with Crippen LogP contribution >= 0.6 is 33.9 Å². The smallest absolute Gasteiger partial charge is 0.353 e. The number of nitrogen functional groups attached to an aromatic ring is 1. The summed E-state index contributed by atoms with van der Waals surface area (Å²) in [6, 6.07) is 1.64. The highest BCUT2D eigenvalue weighted by molar-refractivity contribution is 14.1. The van der Waals surface area contributed by atoms with Crippen molar-refractivity contribution in [2.24, 2.45) is 0 Å². The molecule has 0 saturated heterocycles. The first kappa shape index (κ1) is 15.7. The third-order valence-electron chi connectivity index (χ3n) is 1.79. The van der Waals surface area contributed by atoms with Crippen molar-refractivity contribution < 1.29 is 14.6 Å². The Hall–Kier alpha value is -1.34. The average Bonchev–Trinajstić information content (AvgIpc) is 2.55. The summed E-state index contributed by atoms with van der Waals surface area (Å²) in [5.41, 5.74) is 4.36. The number of carbonyl (C=O) groups is 1. The maximum Gasteiger partial charge on any atom is 0.353 e. The van der Waals surface area contributed by atoms with Crippen molar-refractivity contribution in [3.63, 3.8) is 0 Å². The molecule has 1 rings (SSSR count). The molecule has 0 aliphatic carbocycles. The Balaban J connectivity index is 3.21. The minimum absolute atomic E-state index is 0.0724. The van der Waals surface area contributed by atoms with E-state index in [0.717, 1.165) is 11.3 Å². The number of anilines is 1. The van der Waals surface area contributed by atoms with Gasteiger partial charge in [-0.3, -0.25) is 0 Å². The van der Waals surface area contributed by atoms with E-state index in [-0.39, 0.29) is 10.7 Å². The fourth-order valence-electron chi connectivity index (χ4n) is 1.11. The molecule has 0 saturated carbocycles. The van der Waals surface area contributed by atoms with E-state index in [9.17, 15) is 9.90 Å². The van der Waals surface area contributed by atoms with E-state index in [0.29, 0.717) is 3.01 Å². The van der Waals surface area contributed by atoms with Gasteiger partial charge in [-0.2, -0.15) is 5.26 Å². The van der Waals surface area contributed by atoms with Crippen molar-refractivity contribution in [2.45, 2.75) is 26.4 Å². The molecule has 1 heterocycles. The molecule has 0 bridgehead atoms. The number of nitrogens with zero attached hydrogens (tertiary/aromatic N) is 2.